The second-order valence-corrected chi connectivity index (χ2v) is 6.03. The molecular formula is C8H20N2O2S. The molecule has 0 atom stereocenters. The standard InChI is InChI=1S/C8H20N2O2S/c1-7(2)10(6-5-9)13(11,12)8(3)4/h7-8H,5-6,9H2,1-4H3. The topological polar surface area (TPSA) is 63.4 Å². The Morgan fingerprint density at radius 2 is 1.69 bits per heavy atom. The first-order valence-corrected chi connectivity index (χ1v) is 6.05. The van der Waals surface area contributed by atoms with Crippen LogP contribution in [-0.2, 0) is 10.0 Å². The molecule has 0 unspecified atom stereocenters. The molecule has 2 N–H and O–H groups in total. The van der Waals surface area contributed by atoms with Crippen LogP contribution in [0.1, 0.15) is 27.7 Å². The first-order chi connectivity index (χ1) is 5.84. The Morgan fingerprint density at radius 3 is 1.92 bits per heavy atom. The fraction of sp³-hybridized carbons (Fsp3) is 1.00. The third-order valence-corrected chi connectivity index (χ3v) is 4.30. The predicted molar refractivity (Wildman–Crippen MR) is 55.0 cm³/mol. The lowest BCUT2D eigenvalue weighted by Crippen LogP contribution is -2.43. The number of nitrogens with two attached hydrogens (primary N) is 1. The normalized spacial score (nSPS) is 13.2. The van der Waals surface area contributed by atoms with Crippen molar-refractivity contribution >= 4 is 10.0 Å². The van der Waals surface area contributed by atoms with Crippen LogP contribution in [0.4, 0.5) is 0 Å². The van der Waals surface area contributed by atoms with Gasteiger partial charge in [0.15, 0.2) is 0 Å². The number of rotatable bonds is 5. The third-order valence-electron chi connectivity index (χ3n) is 1.85. The fourth-order valence-corrected chi connectivity index (χ4v) is 2.57. The third kappa shape index (κ3) is 3.25. The average Bonchev–Trinajstić information content (AvgIpc) is 1.98. The summed E-state index contributed by atoms with van der Waals surface area (Å²) in [5.74, 6) is 0. The van der Waals surface area contributed by atoms with Gasteiger partial charge in [-0.25, -0.2) is 8.42 Å². The summed E-state index contributed by atoms with van der Waals surface area (Å²) in [6.45, 7) is 7.84. The lowest BCUT2D eigenvalue weighted by Gasteiger charge is -2.27. The van der Waals surface area contributed by atoms with Gasteiger partial charge in [-0.1, -0.05) is 0 Å². The molecule has 0 saturated carbocycles. The van der Waals surface area contributed by atoms with Crippen molar-refractivity contribution in [3.8, 4) is 0 Å². The first kappa shape index (κ1) is 12.9. The molecule has 0 heterocycles. The van der Waals surface area contributed by atoms with Crippen molar-refractivity contribution in [2.24, 2.45) is 5.73 Å². The van der Waals surface area contributed by atoms with E-state index < -0.39 is 10.0 Å². The van der Waals surface area contributed by atoms with Gasteiger partial charge in [-0.15, -0.1) is 0 Å². The maximum Gasteiger partial charge on any atom is 0.216 e. The van der Waals surface area contributed by atoms with Gasteiger partial charge in [-0.3, -0.25) is 0 Å². The molecule has 0 rings (SSSR count). The lowest BCUT2D eigenvalue weighted by atomic mass is 10.4. The largest absolute Gasteiger partial charge is 0.329 e. The van der Waals surface area contributed by atoms with Gasteiger partial charge < -0.3 is 5.73 Å². The zero-order valence-electron chi connectivity index (χ0n) is 8.82. The van der Waals surface area contributed by atoms with Crippen LogP contribution in [-0.4, -0.2) is 37.1 Å². The van der Waals surface area contributed by atoms with Gasteiger partial charge >= 0.3 is 0 Å². The van der Waals surface area contributed by atoms with E-state index in [0.717, 1.165) is 0 Å². The highest BCUT2D eigenvalue weighted by Gasteiger charge is 2.26. The molecule has 0 fully saturated rings. The van der Waals surface area contributed by atoms with E-state index in [0.29, 0.717) is 13.1 Å². The number of hydrogen-bond acceptors (Lipinski definition) is 3. The zero-order valence-corrected chi connectivity index (χ0v) is 9.63. The molecule has 0 aliphatic heterocycles. The summed E-state index contributed by atoms with van der Waals surface area (Å²) in [5, 5.41) is -0.374. The van der Waals surface area contributed by atoms with E-state index in [1.54, 1.807) is 13.8 Å². The lowest BCUT2D eigenvalue weighted by molar-refractivity contribution is 0.357. The minimum atomic E-state index is -3.15. The van der Waals surface area contributed by atoms with Crippen LogP contribution in [0.2, 0.25) is 0 Å². The summed E-state index contributed by atoms with van der Waals surface area (Å²) in [4.78, 5) is 0. The van der Waals surface area contributed by atoms with Crippen molar-refractivity contribution in [2.45, 2.75) is 39.0 Å². The Labute approximate surface area is 81.2 Å². The summed E-state index contributed by atoms with van der Waals surface area (Å²) in [6.07, 6.45) is 0. The molecule has 0 aromatic carbocycles. The monoisotopic (exact) mass is 208 g/mol. The Balaban J connectivity index is 4.74. The van der Waals surface area contributed by atoms with Crippen molar-refractivity contribution < 1.29 is 8.42 Å². The molecule has 0 radical (unpaired) electrons. The highest BCUT2D eigenvalue weighted by atomic mass is 32.2. The van der Waals surface area contributed by atoms with Crippen LogP contribution in [0.25, 0.3) is 0 Å². The van der Waals surface area contributed by atoms with E-state index in [1.165, 1.54) is 4.31 Å². The predicted octanol–water partition coefficient (Wildman–Crippen LogP) is 0.394. The maximum atomic E-state index is 11.7. The number of nitrogens with zero attached hydrogens (tertiary/aromatic N) is 1. The molecule has 0 spiro atoms. The van der Waals surface area contributed by atoms with Crippen molar-refractivity contribution in [3.63, 3.8) is 0 Å². The molecule has 0 amide bonds. The van der Waals surface area contributed by atoms with Crippen molar-refractivity contribution in [1.82, 2.24) is 4.31 Å². The number of sulfonamides is 1. The summed E-state index contributed by atoms with van der Waals surface area (Å²) in [7, 11) is -3.15. The minimum absolute atomic E-state index is 0.0176. The van der Waals surface area contributed by atoms with Gasteiger partial charge in [-0.05, 0) is 27.7 Å². The van der Waals surface area contributed by atoms with Gasteiger partial charge in [0.2, 0.25) is 10.0 Å². The average molecular weight is 208 g/mol. The Kier molecular flexibility index (Phi) is 4.88. The Hall–Kier alpha value is -0.130. The fourth-order valence-electron chi connectivity index (χ4n) is 1.08. The second-order valence-electron chi connectivity index (χ2n) is 3.59. The van der Waals surface area contributed by atoms with E-state index in [4.69, 9.17) is 5.73 Å². The van der Waals surface area contributed by atoms with Crippen molar-refractivity contribution in [2.75, 3.05) is 13.1 Å². The maximum absolute atomic E-state index is 11.7. The number of hydrogen-bond donors (Lipinski definition) is 1. The van der Waals surface area contributed by atoms with Gasteiger partial charge in [0.1, 0.15) is 0 Å². The van der Waals surface area contributed by atoms with Crippen LogP contribution >= 0.6 is 0 Å². The Morgan fingerprint density at radius 1 is 1.23 bits per heavy atom. The van der Waals surface area contributed by atoms with Crippen LogP contribution in [0.15, 0.2) is 0 Å². The van der Waals surface area contributed by atoms with Crippen molar-refractivity contribution in [1.29, 1.82) is 0 Å². The van der Waals surface area contributed by atoms with Crippen LogP contribution in [0.3, 0.4) is 0 Å². The smallest absolute Gasteiger partial charge is 0.216 e. The Bertz CT molecular complexity index is 235. The second kappa shape index (κ2) is 4.93. The molecule has 13 heavy (non-hydrogen) atoms. The quantitative estimate of drug-likeness (QED) is 0.711. The molecule has 0 saturated heterocycles. The highest BCUT2D eigenvalue weighted by molar-refractivity contribution is 7.89. The van der Waals surface area contributed by atoms with E-state index in [-0.39, 0.29) is 11.3 Å². The van der Waals surface area contributed by atoms with Crippen LogP contribution in [0.5, 0.6) is 0 Å². The highest BCUT2D eigenvalue weighted by Crippen LogP contribution is 2.11. The van der Waals surface area contributed by atoms with Crippen molar-refractivity contribution in [3.05, 3.63) is 0 Å². The van der Waals surface area contributed by atoms with Gasteiger partial charge in [0.25, 0.3) is 0 Å². The summed E-state index contributed by atoms with van der Waals surface area (Å²) < 4.78 is 24.9. The van der Waals surface area contributed by atoms with E-state index in [9.17, 15) is 8.42 Å². The molecule has 5 heteroatoms. The van der Waals surface area contributed by atoms with E-state index in [1.807, 2.05) is 13.8 Å². The summed E-state index contributed by atoms with van der Waals surface area (Å²) in [5.41, 5.74) is 5.36. The minimum Gasteiger partial charge on any atom is -0.329 e. The van der Waals surface area contributed by atoms with Gasteiger partial charge in [0.05, 0.1) is 5.25 Å². The SMILES string of the molecule is CC(C)N(CCN)S(=O)(=O)C(C)C. The molecule has 0 aromatic heterocycles. The first-order valence-electron chi connectivity index (χ1n) is 4.54. The van der Waals surface area contributed by atoms with E-state index in [2.05, 4.69) is 0 Å². The molecular weight excluding hydrogens is 188 g/mol. The summed E-state index contributed by atoms with van der Waals surface area (Å²) >= 11 is 0. The van der Waals surface area contributed by atoms with Gasteiger partial charge in [-0.2, -0.15) is 4.31 Å². The molecule has 80 valence electrons. The molecule has 0 aliphatic rings. The van der Waals surface area contributed by atoms with E-state index >= 15 is 0 Å². The molecule has 0 aromatic rings. The van der Waals surface area contributed by atoms with Gasteiger partial charge in [0, 0.05) is 19.1 Å². The zero-order chi connectivity index (χ0) is 10.6. The molecule has 0 aliphatic carbocycles. The molecule has 4 nitrogen and oxygen atoms in total. The molecule has 0 bridgehead atoms. The summed E-state index contributed by atoms with van der Waals surface area (Å²) in [6, 6.07) is -0.0176. The van der Waals surface area contributed by atoms with Crippen LogP contribution < -0.4 is 5.73 Å². The van der Waals surface area contributed by atoms with Crippen LogP contribution in [0, 0.1) is 0 Å².